The third-order valence-corrected chi connectivity index (χ3v) is 2.04. The summed E-state index contributed by atoms with van der Waals surface area (Å²) in [6, 6.07) is 0. The minimum atomic E-state index is -1.22. The van der Waals surface area contributed by atoms with Crippen molar-refractivity contribution in [3.8, 4) is 0 Å². The molecule has 0 saturated heterocycles. The highest BCUT2D eigenvalue weighted by molar-refractivity contribution is 5.89. The summed E-state index contributed by atoms with van der Waals surface area (Å²) in [7, 11) is 1.20. The number of aliphatic hydroxyl groups excluding tert-OH is 2. The first-order chi connectivity index (χ1) is 7.47. The lowest BCUT2D eigenvalue weighted by Crippen LogP contribution is -2.39. The molecule has 0 radical (unpaired) electrons. The molecule has 16 heavy (non-hydrogen) atoms. The van der Waals surface area contributed by atoms with Crippen LogP contribution in [0.2, 0.25) is 0 Å². The number of amides is 1. The molecule has 0 spiro atoms. The summed E-state index contributed by atoms with van der Waals surface area (Å²) in [5.41, 5.74) is 0. The van der Waals surface area contributed by atoms with Gasteiger partial charge in [0.25, 0.3) is 0 Å². The Morgan fingerprint density at radius 1 is 1.69 bits per heavy atom. The van der Waals surface area contributed by atoms with Crippen LogP contribution in [0.4, 0.5) is 0 Å². The molecule has 0 fully saturated rings. The molecular formula is C9H13NO6. The van der Waals surface area contributed by atoms with Crippen LogP contribution < -0.4 is 5.32 Å². The van der Waals surface area contributed by atoms with Crippen LogP contribution in [0.5, 0.6) is 0 Å². The van der Waals surface area contributed by atoms with E-state index in [2.05, 4.69) is 14.8 Å². The highest BCUT2D eigenvalue weighted by atomic mass is 16.6. The number of carbonyl (C=O) groups excluding carboxylic acids is 2. The topological polar surface area (TPSA) is 105 Å². The summed E-state index contributed by atoms with van der Waals surface area (Å²) in [6.45, 7) is 1.15. The Kier molecular flexibility index (Phi) is 3.73. The first-order valence-corrected chi connectivity index (χ1v) is 4.58. The van der Waals surface area contributed by atoms with Crippen molar-refractivity contribution in [1.82, 2.24) is 5.32 Å². The van der Waals surface area contributed by atoms with Gasteiger partial charge in [-0.1, -0.05) is 0 Å². The van der Waals surface area contributed by atoms with Crippen molar-refractivity contribution >= 4 is 11.9 Å². The molecule has 2 atom stereocenters. The van der Waals surface area contributed by atoms with E-state index in [4.69, 9.17) is 0 Å². The van der Waals surface area contributed by atoms with Gasteiger partial charge in [0.15, 0.2) is 11.9 Å². The molecule has 0 aliphatic carbocycles. The van der Waals surface area contributed by atoms with E-state index < -0.39 is 23.9 Å². The van der Waals surface area contributed by atoms with Gasteiger partial charge >= 0.3 is 5.97 Å². The van der Waals surface area contributed by atoms with E-state index in [0.717, 1.165) is 0 Å². The summed E-state index contributed by atoms with van der Waals surface area (Å²) in [4.78, 5) is 21.7. The summed E-state index contributed by atoms with van der Waals surface area (Å²) >= 11 is 0. The average molecular weight is 231 g/mol. The zero-order valence-corrected chi connectivity index (χ0v) is 8.89. The molecule has 1 rings (SSSR count). The van der Waals surface area contributed by atoms with E-state index in [-0.39, 0.29) is 18.2 Å². The van der Waals surface area contributed by atoms with Gasteiger partial charge in [-0.25, -0.2) is 4.79 Å². The predicted molar refractivity (Wildman–Crippen MR) is 51.2 cm³/mol. The minimum absolute atomic E-state index is 0.131. The molecule has 7 nitrogen and oxygen atoms in total. The number of rotatable bonds is 4. The maximum absolute atomic E-state index is 11.1. The molecule has 1 heterocycles. The number of hydrogen-bond donors (Lipinski definition) is 3. The normalized spacial score (nSPS) is 21.7. The Bertz CT molecular complexity index is 337. The maximum Gasteiger partial charge on any atom is 0.378 e. The van der Waals surface area contributed by atoms with Gasteiger partial charge in [0.05, 0.1) is 7.11 Å². The van der Waals surface area contributed by atoms with E-state index in [1.807, 2.05) is 0 Å². The lowest BCUT2D eigenvalue weighted by Gasteiger charge is -2.17. The molecule has 0 saturated carbocycles. The predicted octanol–water partition coefficient (Wildman–Crippen LogP) is -1.18. The lowest BCUT2D eigenvalue weighted by molar-refractivity contribution is -0.147. The third kappa shape index (κ3) is 2.43. The zero-order valence-electron chi connectivity index (χ0n) is 8.89. The molecule has 0 aromatic rings. The second kappa shape index (κ2) is 4.84. The number of hydrogen-bond acceptors (Lipinski definition) is 6. The van der Waals surface area contributed by atoms with Gasteiger partial charge in [0.2, 0.25) is 11.7 Å². The Hall–Kier alpha value is -1.76. The van der Waals surface area contributed by atoms with Crippen LogP contribution in [-0.2, 0) is 19.1 Å². The largest absolute Gasteiger partial charge is 0.505 e. The Morgan fingerprint density at radius 2 is 2.31 bits per heavy atom. The molecule has 90 valence electrons. The molecule has 0 aromatic carbocycles. The molecule has 0 unspecified atom stereocenters. The molecule has 0 bridgehead atoms. The van der Waals surface area contributed by atoms with E-state index in [1.165, 1.54) is 14.0 Å². The second-order valence-corrected chi connectivity index (χ2v) is 3.25. The van der Waals surface area contributed by atoms with Crippen molar-refractivity contribution in [3.05, 3.63) is 11.5 Å². The first-order valence-electron chi connectivity index (χ1n) is 4.58. The van der Waals surface area contributed by atoms with Gasteiger partial charge in [-0.15, -0.1) is 0 Å². The van der Waals surface area contributed by atoms with Gasteiger partial charge in [-0.05, 0) is 0 Å². The fourth-order valence-corrected chi connectivity index (χ4v) is 1.26. The van der Waals surface area contributed by atoms with Crippen LogP contribution in [0, 0.1) is 0 Å². The number of aliphatic hydroxyl groups is 2. The Labute approximate surface area is 91.7 Å². The Balaban J connectivity index is 2.65. The number of carbonyl (C=O) groups is 2. The van der Waals surface area contributed by atoms with E-state index >= 15 is 0 Å². The smallest absolute Gasteiger partial charge is 0.378 e. The average Bonchev–Trinajstić information content (AvgIpc) is 2.50. The van der Waals surface area contributed by atoms with Crippen LogP contribution in [0.1, 0.15) is 6.92 Å². The maximum atomic E-state index is 11.1. The van der Waals surface area contributed by atoms with Crippen LogP contribution in [-0.4, -0.2) is 48.0 Å². The van der Waals surface area contributed by atoms with Crippen molar-refractivity contribution in [3.63, 3.8) is 0 Å². The van der Waals surface area contributed by atoms with E-state index in [0.29, 0.717) is 0 Å². The summed E-state index contributed by atoms with van der Waals surface area (Å²) in [5, 5.41) is 21.4. The molecule has 1 amide bonds. The SMILES string of the molecule is COC1=C(O)[C@@H]([C@@H](O)CNC(C)=O)OC1=O. The summed E-state index contributed by atoms with van der Waals surface area (Å²) in [6.07, 6.45) is -2.42. The number of nitrogens with one attached hydrogen (secondary N) is 1. The number of esters is 1. The fourth-order valence-electron chi connectivity index (χ4n) is 1.26. The van der Waals surface area contributed by atoms with Gasteiger partial charge in [-0.2, -0.15) is 0 Å². The fraction of sp³-hybridized carbons (Fsp3) is 0.556. The molecule has 7 heteroatoms. The van der Waals surface area contributed by atoms with Crippen LogP contribution in [0.25, 0.3) is 0 Å². The molecule has 1 aliphatic rings. The van der Waals surface area contributed by atoms with Gasteiger partial charge < -0.3 is 25.0 Å². The van der Waals surface area contributed by atoms with Crippen molar-refractivity contribution in [1.29, 1.82) is 0 Å². The summed E-state index contributed by atoms with van der Waals surface area (Å²) < 4.78 is 9.28. The zero-order chi connectivity index (χ0) is 12.3. The number of ether oxygens (including phenoxy) is 2. The first kappa shape index (κ1) is 12.3. The van der Waals surface area contributed by atoms with Crippen LogP contribution in [0.3, 0.4) is 0 Å². The molecular weight excluding hydrogens is 218 g/mol. The van der Waals surface area contributed by atoms with Crippen molar-refractivity contribution in [2.45, 2.75) is 19.1 Å². The van der Waals surface area contributed by atoms with Gasteiger partial charge in [0.1, 0.15) is 6.10 Å². The van der Waals surface area contributed by atoms with Crippen LogP contribution >= 0.6 is 0 Å². The molecule has 0 aromatic heterocycles. The quantitative estimate of drug-likeness (QED) is 0.526. The van der Waals surface area contributed by atoms with Gasteiger partial charge in [0, 0.05) is 13.5 Å². The van der Waals surface area contributed by atoms with Crippen LogP contribution in [0.15, 0.2) is 11.5 Å². The standard InChI is InChI=1S/C9H13NO6/c1-4(11)10-3-5(12)7-6(13)8(15-2)9(14)16-7/h5,7,12-13H,3H2,1-2H3,(H,10,11)/t5-,7+/m0/s1. The van der Waals surface area contributed by atoms with Gasteiger partial charge in [-0.3, -0.25) is 4.79 Å². The molecule has 1 aliphatic heterocycles. The van der Waals surface area contributed by atoms with E-state index in [1.54, 1.807) is 0 Å². The second-order valence-electron chi connectivity index (χ2n) is 3.25. The van der Waals surface area contributed by atoms with E-state index in [9.17, 15) is 19.8 Å². The monoisotopic (exact) mass is 231 g/mol. The molecule has 3 N–H and O–H groups in total. The third-order valence-electron chi connectivity index (χ3n) is 2.04. The number of cyclic esters (lactones) is 1. The van der Waals surface area contributed by atoms with Crippen molar-refractivity contribution in [2.75, 3.05) is 13.7 Å². The summed E-state index contributed by atoms with van der Waals surface area (Å²) in [5.74, 6) is -1.97. The Morgan fingerprint density at radius 3 is 2.75 bits per heavy atom. The van der Waals surface area contributed by atoms with Crippen molar-refractivity contribution in [2.24, 2.45) is 0 Å². The lowest BCUT2D eigenvalue weighted by atomic mass is 10.1. The highest BCUT2D eigenvalue weighted by Crippen LogP contribution is 2.23. The van der Waals surface area contributed by atoms with Crippen molar-refractivity contribution < 1.29 is 29.3 Å². The highest BCUT2D eigenvalue weighted by Gasteiger charge is 2.40. The number of methoxy groups -OCH3 is 1. The minimum Gasteiger partial charge on any atom is -0.505 e.